The molecule has 5 heteroatoms. The van der Waals surface area contributed by atoms with E-state index < -0.39 is 12.0 Å². The number of carbonyl (C=O) groups is 2. The fourth-order valence-corrected chi connectivity index (χ4v) is 2.13. The van der Waals surface area contributed by atoms with E-state index in [-0.39, 0.29) is 18.0 Å². The maximum absolute atomic E-state index is 11.6. The van der Waals surface area contributed by atoms with Crippen LogP contribution >= 0.6 is 0 Å². The summed E-state index contributed by atoms with van der Waals surface area (Å²) >= 11 is 0. The lowest BCUT2D eigenvalue weighted by atomic mass is 9.96. The minimum Gasteiger partial charge on any atom is -0.480 e. The average molecular weight is 242 g/mol. The van der Waals surface area contributed by atoms with Crippen molar-refractivity contribution in [3.8, 4) is 0 Å². The Hall–Kier alpha value is -1.26. The first-order valence-electron chi connectivity index (χ1n) is 6.30. The molecule has 1 aliphatic rings. The van der Waals surface area contributed by atoms with Gasteiger partial charge in [-0.25, -0.2) is 9.59 Å². The van der Waals surface area contributed by atoms with E-state index in [0.717, 1.165) is 25.7 Å². The topological polar surface area (TPSA) is 78.4 Å². The van der Waals surface area contributed by atoms with E-state index in [1.54, 1.807) is 13.8 Å². The Labute approximate surface area is 102 Å². The molecule has 1 unspecified atom stereocenters. The van der Waals surface area contributed by atoms with Crippen LogP contribution in [0.25, 0.3) is 0 Å². The SMILES string of the molecule is CC(C)C(NC(=O)NC1CCCCC1)C(=O)O. The van der Waals surface area contributed by atoms with Gasteiger partial charge in [-0.3, -0.25) is 0 Å². The first kappa shape index (κ1) is 13.8. The van der Waals surface area contributed by atoms with Gasteiger partial charge in [-0.05, 0) is 18.8 Å². The summed E-state index contributed by atoms with van der Waals surface area (Å²) in [6, 6.07) is -0.984. The van der Waals surface area contributed by atoms with Crippen LogP contribution in [0.15, 0.2) is 0 Å². The van der Waals surface area contributed by atoms with Crippen molar-refractivity contribution in [2.24, 2.45) is 5.92 Å². The number of carboxylic acids is 1. The van der Waals surface area contributed by atoms with E-state index in [2.05, 4.69) is 10.6 Å². The van der Waals surface area contributed by atoms with Gasteiger partial charge >= 0.3 is 12.0 Å². The summed E-state index contributed by atoms with van der Waals surface area (Å²) in [5.41, 5.74) is 0. The van der Waals surface area contributed by atoms with Gasteiger partial charge in [0.2, 0.25) is 0 Å². The van der Waals surface area contributed by atoms with E-state index in [0.29, 0.717) is 0 Å². The third-order valence-electron chi connectivity index (χ3n) is 3.16. The summed E-state index contributed by atoms with van der Waals surface area (Å²) in [6.45, 7) is 3.55. The molecule has 1 atom stereocenters. The summed E-state index contributed by atoms with van der Waals surface area (Å²) in [7, 11) is 0. The van der Waals surface area contributed by atoms with Crippen molar-refractivity contribution in [3.05, 3.63) is 0 Å². The highest BCUT2D eigenvalue weighted by atomic mass is 16.4. The summed E-state index contributed by atoms with van der Waals surface area (Å²) in [4.78, 5) is 22.6. The second-order valence-corrected chi connectivity index (χ2v) is 5.01. The largest absolute Gasteiger partial charge is 0.480 e. The van der Waals surface area contributed by atoms with Gasteiger partial charge in [0, 0.05) is 6.04 Å². The van der Waals surface area contributed by atoms with E-state index >= 15 is 0 Å². The van der Waals surface area contributed by atoms with Gasteiger partial charge in [0.1, 0.15) is 6.04 Å². The normalized spacial score (nSPS) is 18.8. The zero-order chi connectivity index (χ0) is 12.8. The molecule has 0 saturated heterocycles. The van der Waals surface area contributed by atoms with Gasteiger partial charge in [0.25, 0.3) is 0 Å². The van der Waals surface area contributed by atoms with E-state index in [9.17, 15) is 9.59 Å². The fraction of sp³-hybridized carbons (Fsp3) is 0.833. The van der Waals surface area contributed by atoms with Crippen LogP contribution in [-0.2, 0) is 4.79 Å². The van der Waals surface area contributed by atoms with E-state index in [1.807, 2.05) is 0 Å². The summed E-state index contributed by atoms with van der Waals surface area (Å²) in [6.07, 6.45) is 5.48. The van der Waals surface area contributed by atoms with Crippen molar-refractivity contribution in [2.45, 2.75) is 58.0 Å². The van der Waals surface area contributed by atoms with Crippen molar-refractivity contribution in [1.29, 1.82) is 0 Å². The van der Waals surface area contributed by atoms with Crippen molar-refractivity contribution in [2.75, 3.05) is 0 Å². The van der Waals surface area contributed by atoms with Crippen molar-refractivity contribution in [1.82, 2.24) is 10.6 Å². The van der Waals surface area contributed by atoms with E-state index in [4.69, 9.17) is 5.11 Å². The molecule has 0 aromatic rings. The van der Waals surface area contributed by atoms with E-state index in [1.165, 1.54) is 6.42 Å². The Morgan fingerprint density at radius 3 is 2.24 bits per heavy atom. The Balaban J connectivity index is 2.38. The predicted octanol–water partition coefficient (Wildman–Crippen LogP) is 1.73. The fourth-order valence-electron chi connectivity index (χ4n) is 2.13. The lowest BCUT2D eigenvalue weighted by molar-refractivity contribution is -0.140. The number of carbonyl (C=O) groups excluding carboxylic acids is 1. The monoisotopic (exact) mass is 242 g/mol. The third kappa shape index (κ3) is 4.63. The highest BCUT2D eigenvalue weighted by Gasteiger charge is 2.24. The number of urea groups is 1. The lowest BCUT2D eigenvalue weighted by Gasteiger charge is -2.25. The standard InChI is InChI=1S/C12H22N2O3/c1-8(2)10(11(15)16)14-12(17)13-9-6-4-3-5-7-9/h8-10H,3-7H2,1-2H3,(H,15,16)(H2,13,14,17). The maximum Gasteiger partial charge on any atom is 0.326 e. The van der Waals surface area contributed by atoms with Gasteiger partial charge in [-0.1, -0.05) is 33.1 Å². The van der Waals surface area contributed by atoms with Crippen molar-refractivity contribution >= 4 is 12.0 Å². The van der Waals surface area contributed by atoms with Gasteiger partial charge in [-0.15, -0.1) is 0 Å². The van der Waals surface area contributed by atoms with Gasteiger partial charge in [0.05, 0.1) is 0 Å². The summed E-state index contributed by atoms with van der Waals surface area (Å²) < 4.78 is 0. The Morgan fingerprint density at radius 1 is 1.18 bits per heavy atom. The number of nitrogens with one attached hydrogen (secondary N) is 2. The Kier molecular flexibility index (Phi) is 5.25. The average Bonchev–Trinajstić information content (AvgIpc) is 2.26. The number of hydrogen-bond acceptors (Lipinski definition) is 2. The van der Waals surface area contributed by atoms with Crippen LogP contribution < -0.4 is 10.6 Å². The molecule has 0 aromatic carbocycles. The first-order chi connectivity index (χ1) is 8.00. The molecule has 2 amide bonds. The van der Waals surface area contributed by atoms with Crippen LogP contribution in [0.3, 0.4) is 0 Å². The summed E-state index contributed by atoms with van der Waals surface area (Å²) in [5, 5.41) is 14.3. The quantitative estimate of drug-likeness (QED) is 0.702. The third-order valence-corrected chi connectivity index (χ3v) is 3.16. The number of amides is 2. The molecule has 1 saturated carbocycles. The number of aliphatic carboxylic acids is 1. The molecule has 0 radical (unpaired) electrons. The van der Waals surface area contributed by atoms with Crippen molar-refractivity contribution < 1.29 is 14.7 Å². The van der Waals surface area contributed by atoms with Crippen LogP contribution in [0.5, 0.6) is 0 Å². The molecule has 0 aromatic heterocycles. The summed E-state index contributed by atoms with van der Waals surface area (Å²) in [5.74, 6) is -1.11. The predicted molar refractivity (Wildman–Crippen MR) is 64.8 cm³/mol. The Bertz CT molecular complexity index is 273. The van der Waals surface area contributed by atoms with Crippen LogP contribution in [0.2, 0.25) is 0 Å². The van der Waals surface area contributed by atoms with Gasteiger partial charge in [-0.2, -0.15) is 0 Å². The van der Waals surface area contributed by atoms with Crippen LogP contribution in [0.1, 0.15) is 46.0 Å². The zero-order valence-electron chi connectivity index (χ0n) is 10.5. The molecular formula is C12H22N2O3. The molecule has 0 aliphatic heterocycles. The van der Waals surface area contributed by atoms with Crippen LogP contribution in [-0.4, -0.2) is 29.2 Å². The molecule has 0 bridgehead atoms. The molecule has 17 heavy (non-hydrogen) atoms. The first-order valence-corrected chi connectivity index (χ1v) is 6.30. The molecule has 1 aliphatic carbocycles. The second-order valence-electron chi connectivity index (χ2n) is 5.01. The van der Waals surface area contributed by atoms with Crippen LogP contribution in [0.4, 0.5) is 4.79 Å². The highest BCUT2D eigenvalue weighted by Crippen LogP contribution is 2.17. The molecular weight excluding hydrogens is 220 g/mol. The zero-order valence-corrected chi connectivity index (χ0v) is 10.5. The molecule has 0 spiro atoms. The lowest BCUT2D eigenvalue weighted by Crippen LogP contribution is -2.51. The van der Waals surface area contributed by atoms with Gasteiger partial charge in [0.15, 0.2) is 0 Å². The van der Waals surface area contributed by atoms with Crippen molar-refractivity contribution in [3.63, 3.8) is 0 Å². The molecule has 5 nitrogen and oxygen atoms in total. The minimum atomic E-state index is -0.987. The smallest absolute Gasteiger partial charge is 0.326 e. The highest BCUT2D eigenvalue weighted by molar-refractivity contribution is 5.82. The molecule has 3 N–H and O–H groups in total. The maximum atomic E-state index is 11.6. The Morgan fingerprint density at radius 2 is 1.76 bits per heavy atom. The minimum absolute atomic E-state index is 0.121. The number of hydrogen-bond donors (Lipinski definition) is 3. The molecule has 98 valence electrons. The number of rotatable bonds is 4. The van der Waals surface area contributed by atoms with Crippen LogP contribution in [0, 0.1) is 5.92 Å². The second kappa shape index (κ2) is 6.47. The molecule has 0 heterocycles. The molecule has 1 fully saturated rings. The molecule has 1 rings (SSSR count). The van der Waals surface area contributed by atoms with Gasteiger partial charge < -0.3 is 15.7 Å². The number of carboxylic acid groups (broad SMARTS) is 1.